The molecule has 1 nitrogen and oxygen atoms in total. The number of rotatable bonds is 4. The second-order valence-electron chi connectivity index (χ2n) is 11.4. The average molecular weight is 578 g/mol. The monoisotopic (exact) mass is 577 g/mol. The van der Waals surface area contributed by atoms with Gasteiger partial charge in [-0.2, -0.15) is 0 Å². The van der Waals surface area contributed by atoms with Gasteiger partial charge in [-0.1, -0.05) is 133 Å². The van der Waals surface area contributed by atoms with Gasteiger partial charge in [0.15, 0.2) is 0 Å². The maximum Gasteiger partial charge on any atom is 0.0640 e. The van der Waals surface area contributed by atoms with Gasteiger partial charge in [-0.25, -0.2) is 0 Å². The lowest BCUT2D eigenvalue weighted by atomic mass is 10.0. The van der Waals surface area contributed by atoms with Crippen LogP contribution < -0.4 is 4.90 Å². The summed E-state index contributed by atoms with van der Waals surface area (Å²) in [6.07, 6.45) is 0. The van der Waals surface area contributed by atoms with Crippen molar-refractivity contribution in [2.45, 2.75) is 0 Å². The first kappa shape index (κ1) is 25.1. The smallest absolute Gasteiger partial charge is 0.0640 e. The van der Waals surface area contributed by atoms with Crippen LogP contribution in [-0.4, -0.2) is 0 Å². The van der Waals surface area contributed by atoms with Gasteiger partial charge >= 0.3 is 0 Å². The highest BCUT2D eigenvalue weighted by atomic mass is 32.1. The molecule has 9 rings (SSSR count). The topological polar surface area (TPSA) is 3.24 Å². The Bertz CT molecular complexity index is 2510. The number of hydrogen-bond donors (Lipinski definition) is 0. The number of anilines is 3. The van der Waals surface area contributed by atoms with E-state index >= 15 is 0 Å². The van der Waals surface area contributed by atoms with Gasteiger partial charge in [0.05, 0.1) is 10.4 Å². The zero-order valence-corrected chi connectivity index (χ0v) is 24.8. The lowest BCUT2D eigenvalue weighted by molar-refractivity contribution is 1.31. The van der Waals surface area contributed by atoms with Crippen molar-refractivity contribution in [1.29, 1.82) is 0 Å². The second kappa shape index (κ2) is 10.1. The van der Waals surface area contributed by atoms with Crippen molar-refractivity contribution < 1.29 is 0 Å². The predicted molar refractivity (Wildman–Crippen MR) is 192 cm³/mol. The van der Waals surface area contributed by atoms with Gasteiger partial charge in [-0.05, 0) is 73.8 Å². The molecule has 0 saturated heterocycles. The van der Waals surface area contributed by atoms with Gasteiger partial charge in [0, 0.05) is 26.8 Å². The van der Waals surface area contributed by atoms with Gasteiger partial charge in [0.1, 0.15) is 0 Å². The van der Waals surface area contributed by atoms with Gasteiger partial charge in [0.2, 0.25) is 0 Å². The van der Waals surface area contributed by atoms with E-state index in [4.69, 9.17) is 0 Å². The van der Waals surface area contributed by atoms with Crippen LogP contribution in [0.25, 0.3) is 63.6 Å². The molecule has 0 saturated carbocycles. The Hall–Kier alpha value is -5.44. The van der Waals surface area contributed by atoms with Crippen molar-refractivity contribution in [3.05, 3.63) is 164 Å². The third-order valence-electron chi connectivity index (χ3n) is 8.81. The molecule has 8 aromatic carbocycles. The van der Waals surface area contributed by atoms with Gasteiger partial charge in [-0.15, -0.1) is 11.3 Å². The minimum atomic E-state index is 1.14. The normalized spacial score (nSPS) is 11.6. The van der Waals surface area contributed by atoms with E-state index in [1.807, 2.05) is 11.3 Å². The van der Waals surface area contributed by atoms with E-state index in [9.17, 15) is 0 Å². The third kappa shape index (κ3) is 4.00. The van der Waals surface area contributed by atoms with Crippen LogP contribution in [0.2, 0.25) is 0 Å². The zero-order chi connectivity index (χ0) is 29.0. The third-order valence-corrected chi connectivity index (χ3v) is 10.1. The highest BCUT2D eigenvalue weighted by molar-refractivity contribution is 7.27. The van der Waals surface area contributed by atoms with E-state index in [2.05, 4.69) is 169 Å². The van der Waals surface area contributed by atoms with Crippen molar-refractivity contribution in [1.82, 2.24) is 0 Å². The predicted octanol–water partition coefficient (Wildman–Crippen LogP) is 12.7. The molecule has 206 valence electrons. The first-order valence-electron chi connectivity index (χ1n) is 15.0. The molecular weight excluding hydrogens is 551 g/mol. The highest BCUT2D eigenvalue weighted by Crippen LogP contribution is 2.47. The molecule has 9 aromatic rings. The van der Waals surface area contributed by atoms with Crippen LogP contribution in [0.1, 0.15) is 0 Å². The fourth-order valence-corrected chi connectivity index (χ4v) is 8.05. The van der Waals surface area contributed by atoms with E-state index in [0.29, 0.717) is 0 Å². The SMILES string of the molecule is c1ccc(-c2cccc(N(c3ccc4c(ccc5ccccc54)c3)c3cccc4c3sc3c5ccccc5ccc43)c2)cc1. The van der Waals surface area contributed by atoms with E-state index in [1.165, 1.54) is 69.3 Å². The molecule has 44 heavy (non-hydrogen) atoms. The fourth-order valence-electron chi connectivity index (χ4n) is 6.71. The zero-order valence-electron chi connectivity index (χ0n) is 23.9. The first-order chi connectivity index (χ1) is 21.8. The summed E-state index contributed by atoms with van der Waals surface area (Å²) in [7, 11) is 0. The summed E-state index contributed by atoms with van der Waals surface area (Å²) in [5, 5.41) is 10.3. The standard InChI is InChI=1S/C42H27NS/c1-2-10-28(11-3-1)31-14-8-15-33(26-31)43(34-23-25-36-32(27-34)21-20-29-12-4-6-16-35(29)36)40-19-9-18-38-39-24-22-30-13-5-7-17-37(30)41(39)44-42(38)40/h1-27H. The van der Waals surface area contributed by atoms with Crippen molar-refractivity contribution in [3.63, 3.8) is 0 Å². The lowest BCUT2D eigenvalue weighted by Gasteiger charge is -2.27. The summed E-state index contributed by atoms with van der Waals surface area (Å²) < 4.78 is 2.64. The molecule has 0 N–H and O–H groups in total. The maximum absolute atomic E-state index is 2.45. The molecule has 0 amide bonds. The van der Waals surface area contributed by atoms with Crippen molar-refractivity contribution in [2.24, 2.45) is 0 Å². The number of hydrogen-bond acceptors (Lipinski definition) is 2. The Morgan fingerprint density at radius 1 is 0.341 bits per heavy atom. The Morgan fingerprint density at radius 2 is 0.932 bits per heavy atom. The van der Waals surface area contributed by atoms with Crippen molar-refractivity contribution in [2.75, 3.05) is 4.90 Å². The molecule has 0 aliphatic heterocycles. The highest BCUT2D eigenvalue weighted by Gasteiger charge is 2.20. The molecule has 0 spiro atoms. The van der Waals surface area contributed by atoms with Crippen LogP contribution in [0.5, 0.6) is 0 Å². The molecule has 0 aliphatic carbocycles. The lowest BCUT2D eigenvalue weighted by Crippen LogP contribution is -2.10. The number of nitrogens with zero attached hydrogens (tertiary/aromatic N) is 1. The summed E-state index contributed by atoms with van der Waals surface area (Å²) in [5.74, 6) is 0. The van der Waals surface area contributed by atoms with Crippen LogP contribution in [0.3, 0.4) is 0 Å². The van der Waals surface area contributed by atoms with Crippen LogP contribution in [0, 0.1) is 0 Å². The molecule has 0 unspecified atom stereocenters. The number of benzene rings is 8. The summed E-state index contributed by atoms with van der Waals surface area (Å²) in [6.45, 7) is 0. The Labute approximate surface area is 259 Å². The van der Waals surface area contributed by atoms with Crippen molar-refractivity contribution >= 4 is 80.9 Å². The van der Waals surface area contributed by atoms with Gasteiger partial charge in [-0.3, -0.25) is 0 Å². The summed E-state index contributed by atoms with van der Waals surface area (Å²) in [6, 6.07) is 59.7. The average Bonchev–Trinajstić information content (AvgIpc) is 3.49. The van der Waals surface area contributed by atoms with Crippen molar-refractivity contribution in [3.8, 4) is 11.1 Å². The minimum Gasteiger partial charge on any atom is -0.309 e. The molecule has 0 fully saturated rings. The molecule has 0 radical (unpaired) electrons. The second-order valence-corrected chi connectivity index (χ2v) is 12.4. The molecule has 1 aromatic heterocycles. The van der Waals surface area contributed by atoms with Crippen LogP contribution >= 0.6 is 11.3 Å². The molecule has 0 aliphatic rings. The van der Waals surface area contributed by atoms with E-state index in [-0.39, 0.29) is 0 Å². The Morgan fingerprint density at radius 3 is 1.82 bits per heavy atom. The Balaban J connectivity index is 1.32. The molecule has 0 atom stereocenters. The van der Waals surface area contributed by atoms with Crippen LogP contribution in [-0.2, 0) is 0 Å². The Kier molecular flexibility index (Phi) is 5.75. The molecule has 0 bridgehead atoms. The molecule has 1 heterocycles. The van der Waals surface area contributed by atoms with Crippen LogP contribution in [0.15, 0.2) is 164 Å². The fraction of sp³-hybridized carbons (Fsp3) is 0. The number of fused-ring (bicyclic) bond motifs is 8. The van der Waals surface area contributed by atoms with Crippen LogP contribution in [0.4, 0.5) is 17.1 Å². The maximum atomic E-state index is 2.45. The minimum absolute atomic E-state index is 1.14. The summed E-state index contributed by atoms with van der Waals surface area (Å²) in [5.41, 5.74) is 5.90. The molecule has 2 heteroatoms. The van der Waals surface area contributed by atoms with Gasteiger partial charge < -0.3 is 4.90 Å². The number of thiophene rings is 1. The van der Waals surface area contributed by atoms with E-state index in [0.717, 1.165) is 11.4 Å². The van der Waals surface area contributed by atoms with E-state index < -0.39 is 0 Å². The largest absolute Gasteiger partial charge is 0.309 e. The molecular formula is C42H27NS. The summed E-state index contributed by atoms with van der Waals surface area (Å²) in [4.78, 5) is 2.45. The van der Waals surface area contributed by atoms with E-state index in [1.54, 1.807) is 0 Å². The van der Waals surface area contributed by atoms with Gasteiger partial charge in [0.25, 0.3) is 0 Å². The quantitative estimate of drug-likeness (QED) is 0.188. The first-order valence-corrected chi connectivity index (χ1v) is 15.8. The summed E-state index contributed by atoms with van der Waals surface area (Å²) >= 11 is 1.90.